The molecule has 2 amide bonds. The van der Waals surface area contributed by atoms with Gasteiger partial charge in [-0.25, -0.2) is 0 Å². The van der Waals surface area contributed by atoms with Crippen LogP contribution in [0.5, 0.6) is 5.75 Å². The molecule has 0 fully saturated rings. The van der Waals surface area contributed by atoms with E-state index in [1.54, 1.807) is 23.1 Å². The molecule has 0 bridgehead atoms. The van der Waals surface area contributed by atoms with E-state index < -0.39 is 18.2 Å². The summed E-state index contributed by atoms with van der Waals surface area (Å²) in [5, 5.41) is 23.1. The monoisotopic (exact) mass is 586 g/mol. The standard InChI is InChI=1S/C25H35IN2O6/c1-3-5-11-23(30)28(13-8-15-33-4-2)20-16-18(25(32)27-12-14-29)17-22(24(20)31)34-21-10-7-6-9-19(21)26/h5-7,9-11,17,20,22,24,29,31H,3-4,8,12-16H2,1-2H3,(H,27,32). The third-order valence-electron chi connectivity index (χ3n) is 5.39. The Hall–Kier alpha value is -1.95. The molecule has 9 heteroatoms. The number of allylic oxidation sites excluding steroid dienone is 1. The number of para-hydroxylation sites is 1. The van der Waals surface area contributed by atoms with Gasteiger partial charge in [-0.2, -0.15) is 0 Å². The second-order valence-corrected chi connectivity index (χ2v) is 9.00. The minimum absolute atomic E-state index is 0.113. The molecular formula is C25H35IN2O6. The third-order valence-corrected chi connectivity index (χ3v) is 6.28. The Bertz CT molecular complexity index is 860. The summed E-state index contributed by atoms with van der Waals surface area (Å²) >= 11 is 2.15. The molecule has 0 heterocycles. The highest BCUT2D eigenvalue weighted by Gasteiger charge is 2.40. The van der Waals surface area contributed by atoms with E-state index >= 15 is 0 Å². The fraction of sp³-hybridized carbons (Fsp3) is 0.520. The lowest BCUT2D eigenvalue weighted by atomic mass is 9.88. The van der Waals surface area contributed by atoms with Crippen molar-refractivity contribution in [2.24, 2.45) is 0 Å². The van der Waals surface area contributed by atoms with E-state index in [1.807, 2.05) is 32.0 Å². The number of benzene rings is 1. The first kappa shape index (κ1) is 28.3. The van der Waals surface area contributed by atoms with E-state index in [4.69, 9.17) is 14.6 Å². The van der Waals surface area contributed by atoms with Gasteiger partial charge >= 0.3 is 0 Å². The number of ether oxygens (including phenoxy) is 2. The molecule has 34 heavy (non-hydrogen) atoms. The average molecular weight is 586 g/mol. The maximum Gasteiger partial charge on any atom is 0.247 e. The summed E-state index contributed by atoms with van der Waals surface area (Å²) in [5.41, 5.74) is 0.404. The minimum Gasteiger partial charge on any atom is -0.482 e. The minimum atomic E-state index is -1.04. The maximum absolute atomic E-state index is 13.1. The van der Waals surface area contributed by atoms with Crippen LogP contribution in [0.2, 0.25) is 0 Å². The molecule has 8 nitrogen and oxygen atoms in total. The molecule has 1 aromatic rings. The highest BCUT2D eigenvalue weighted by Crippen LogP contribution is 2.30. The predicted molar refractivity (Wildman–Crippen MR) is 138 cm³/mol. The smallest absolute Gasteiger partial charge is 0.247 e. The number of rotatable bonds is 13. The molecule has 1 aliphatic carbocycles. The van der Waals surface area contributed by atoms with E-state index in [0.717, 1.165) is 3.57 Å². The van der Waals surface area contributed by atoms with Crippen molar-refractivity contribution in [3.05, 3.63) is 51.6 Å². The third kappa shape index (κ3) is 8.37. The SMILES string of the molecule is CCC=CC(=O)N(CCCOCC)C1CC(C(=O)NCCO)=CC(Oc2ccccc2I)C1O. The maximum atomic E-state index is 13.1. The van der Waals surface area contributed by atoms with Crippen molar-refractivity contribution in [3.8, 4) is 5.75 Å². The number of hydrogen-bond acceptors (Lipinski definition) is 6. The predicted octanol–water partition coefficient (Wildman–Crippen LogP) is 2.43. The highest BCUT2D eigenvalue weighted by molar-refractivity contribution is 14.1. The molecule has 3 unspecified atom stereocenters. The van der Waals surface area contributed by atoms with E-state index in [1.165, 1.54) is 6.08 Å². The number of hydrogen-bond donors (Lipinski definition) is 3. The Morgan fingerprint density at radius 1 is 1.29 bits per heavy atom. The van der Waals surface area contributed by atoms with Gasteiger partial charge in [-0.3, -0.25) is 9.59 Å². The van der Waals surface area contributed by atoms with Gasteiger partial charge < -0.3 is 29.9 Å². The van der Waals surface area contributed by atoms with Crippen molar-refractivity contribution < 1.29 is 29.3 Å². The van der Waals surface area contributed by atoms with Crippen LogP contribution >= 0.6 is 22.6 Å². The van der Waals surface area contributed by atoms with Crippen LogP contribution in [0.1, 0.15) is 33.1 Å². The first-order valence-corrected chi connectivity index (χ1v) is 12.7. The molecule has 0 saturated heterocycles. The first-order chi connectivity index (χ1) is 16.4. The van der Waals surface area contributed by atoms with Gasteiger partial charge in [0.25, 0.3) is 0 Å². The lowest BCUT2D eigenvalue weighted by molar-refractivity contribution is -0.133. The Balaban J connectivity index is 2.36. The Morgan fingerprint density at radius 2 is 2.06 bits per heavy atom. The molecule has 2 rings (SSSR count). The van der Waals surface area contributed by atoms with Gasteiger partial charge in [0.05, 0.1) is 16.2 Å². The Labute approximate surface area is 215 Å². The second kappa shape index (κ2) is 15.1. The fourth-order valence-electron chi connectivity index (χ4n) is 3.70. The zero-order chi connectivity index (χ0) is 24.9. The number of aliphatic hydroxyl groups is 2. The van der Waals surface area contributed by atoms with Crippen LogP contribution in [-0.4, -0.2) is 78.1 Å². The molecule has 0 radical (unpaired) electrons. The number of nitrogens with one attached hydrogen (secondary N) is 1. The molecule has 188 valence electrons. The van der Waals surface area contributed by atoms with Crippen LogP contribution in [0.3, 0.4) is 0 Å². The van der Waals surface area contributed by atoms with E-state index in [9.17, 15) is 14.7 Å². The summed E-state index contributed by atoms with van der Waals surface area (Å²) in [7, 11) is 0. The Kier molecular flexibility index (Phi) is 12.6. The lowest BCUT2D eigenvalue weighted by Gasteiger charge is -2.40. The van der Waals surface area contributed by atoms with Gasteiger partial charge in [-0.1, -0.05) is 25.1 Å². The molecular weight excluding hydrogens is 551 g/mol. The van der Waals surface area contributed by atoms with Gasteiger partial charge in [-0.15, -0.1) is 0 Å². The largest absolute Gasteiger partial charge is 0.482 e. The van der Waals surface area contributed by atoms with Crippen LogP contribution in [0.15, 0.2) is 48.1 Å². The van der Waals surface area contributed by atoms with Crippen LogP contribution in [0, 0.1) is 3.57 Å². The number of carbonyl (C=O) groups is 2. The summed E-state index contributed by atoms with van der Waals surface area (Å²) in [6.45, 7) is 5.22. The summed E-state index contributed by atoms with van der Waals surface area (Å²) < 4.78 is 12.4. The lowest BCUT2D eigenvalue weighted by Crippen LogP contribution is -2.55. The molecule has 0 spiro atoms. The molecule has 0 aliphatic heterocycles. The van der Waals surface area contributed by atoms with Gasteiger partial charge in [0.2, 0.25) is 11.8 Å². The summed E-state index contributed by atoms with van der Waals surface area (Å²) in [5.74, 6) is -0.000141. The normalized spacial score (nSPS) is 20.1. The fourth-order valence-corrected chi connectivity index (χ4v) is 4.22. The summed E-state index contributed by atoms with van der Waals surface area (Å²) in [4.78, 5) is 27.4. The topological polar surface area (TPSA) is 108 Å². The molecule has 1 aromatic carbocycles. The van der Waals surface area contributed by atoms with Gasteiger partial charge in [0.1, 0.15) is 18.0 Å². The van der Waals surface area contributed by atoms with E-state index in [2.05, 4.69) is 27.9 Å². The number of halogens is 1. The molecule has 3 atom stereocenters. The second-order valence-electron chi connectivity index (χ2n) is 7.84. The van der Waals surface area contributed by atoms with Crippen molar-refractivity contribution in [1.29, 1.82) is 0 Å². The zero-order valence-electron chi connectivity index (χ0n) is 19.8. The van der Waals surface area contributed by atoms with Gasteiger partial charge in [0.15, 0.2) is 0 Å². The molecule has 1 aliphatic rings. The van der Waals surface area contributed by atoms with Crippen molar-refractivity contribution in [3.63, 3.8) is 0 Å². The quantitative estimate of drug-likeness (QED) is 0.186. The van der Waals surface area contributed by atoms with Crippen molar-refractivity contribution in [1.82, 2.24) is 10.2 Å². The number of carbonyl (C=O) groups excluding carboxylic acids is 2. The summed E-state index contributed by atoms with van der Waals surface area (Å²) in [6, 6.07) is 6.74. The van der Waals surface area contributed by atoms with Crippen molar-refractivity contribution >= 4 is 34.4 Å². The molecule has 0 saturated carbocycles. The molecule has 0 aromatic heterocycles. The average Bonchev–Trinajstić information content (AvgIpc) is 2.84. The highest BCUT2D eigenvalue weighted by atomic mass is 127. The van der Waals surface area contributed by atoms with Crippen LogP contribution in [-0.2, 0) is 14.3 Å². The van der Waals surface area contributed by atoms with Crippen molar-refractivity contribution in [2.75, 3.05) is 32.9 Å². The van der Waals surface area contributed by atoms with Gasteiger partial charge in [-0.05, 0) is 66.6 Å². The number of nitrogens with zero attached hydrogens (tertiary/aromatic N) is 1. The molecule has 3 N–H and O–H groups in total. The van der Waals surface area contributed by atoms with Crippen LogP contribution in [0.4, 0.5) is 0 Å². The zero-order valence-corrected chi connectivity index (χ0v) is 21.9. The van der Waals surface area contributed by atoms with Crippen LogP contribution in [0.25, 0.3) is 0 Å². The number of amides is 2. The van der Waals surface area contributed by atoms with Gasteiger partial charge in [0, 0.05) is 38.3 Å². The number of aliphatic hydroxyl groups excluding tert-OH is 2. The van der Waals surface area contributed by atoms with Crippen LogP contribution < -0.4 is 10.1 Å². The van der Waals surface area contributed by atoms with Crippen molar-refractivity contribution in [2.45, 2.75) is 51.4 Å². The van der Waals surface area contributed by atoms with E-state index in [0.29, 0.717) is 43.9 Å². The summed E-state index contributed by atoms with van der Waals surface area (Å²) in [6.07, 6.45) is 4.50. The van der Waals surface area contributed by atoms with E-state index in [-0.39, 0.29) is 31.4 Å². The first-order valence-electron chi connectivity index (χ1n) is 11.7. The Morgan fingerprint density at radius 3 is 2.74 bits per heavy atom.